The van der Waals surface area contributed by atoms with Crippen LogP contribution in [0.15, 0.2) is 22.2 Å². The summed E-state index contributed by atoms with van der Waals surface area (Å²) in [5, 5.41) is 13.6. The smallest absolute Gasteiger partial charge is 0.287 e. The third kappa shape index (κ3) is 2.57. The second-order valence-electron chi connectivity index (χ2n) is 3.38. The number of carbonyl (C=O) groups excluding carboxylic acids is 1. The zero-order chi connectivity index (χ0) is 13.3. The molecule has 0 aliphatic rings. The SMILES string of the molecule is Cn1cc([N+](=O)[O-])cc1C(=O)Nc1ncc(Br)s1. The number of thiazole rings is 1. The number of carbonyl (C=O) groups is 1. The van der Waals surface area contributed by atoms with E-state index in [4.69, 9.17) is 0 Å². The molecule has 0 aliphatic carbocycles. The van der Waals surface area contributed by atoms with Gasteiger partial charge in [0.25, 0.3) is 11.6 Å². The topological polar surface area (TPSA) is 90.1 Å². The molecule has 9 heteroatoms. The summed E-state index contributed by atoms with van der Waals surface area (Å²) in [7, 11) is 1.57. The molecule has 2 aromatic heterocycles. The molecule has 2 heterocycles. The van der Waals surface area contributed by atoms with Crippen LogP contribution in [0.5, 0.6) is 0 Å². The van der Waals surface area contributed by atoms with Crippen molar-refractivity contribution in [3.8, 4) is 0 Å². The Labute approximate surface area is 114 Å². The standard InChI is InChI=1S/C9H7BrN4O3S/c1-13-4-5(14(16)17)2-6(13)8(15)12-9-11-3-7(10)18-9/h2-4H,1H3,(H,11,12,15). The first-order valence-electron chi connectivity index (χ1n) is 4.71. The van der Waals surface area contributed by atoms with E-state index in [1.165, 1.54) is 28.2 Å². The van der Waals surface area contributed by atoms with Crippen molar-refractivity contribution in [1.29, 1.82) is 0 Å². The highest BCUT2D eigenvalue weighted by molar-refractivity contribution is 9.11. The van der Waals surface area contributed by atoms with E-state index < -0.39 is 10.8 Å². The number of aromatic nitrogens is 2. The Morgan fingerprint density at radius 1 is 1.67 bits per heavy atom. The number of hydrogen-bond acceptors (Lipinski definition) is 5. The van der Waals surface area contributed by atoms with E-state index in [1.54, 1.807) is 13.2 Å². The van der Waals surface area contributed by atoms with E-state index >= 15 is 0 Å². The average Bonchev–Trinajstić information content (AvgIpc) is 2.85. The van der Waals surface area contributed by atoms with Gasteiger partial charge in [-0.1, -0.05) is 11.3 Å². The first kappa shape index (κ1) is 12.7. The zero-order valence-corrected chi connectivity index (χ0v) is 11.5. The average molecular weight is 331 g/mol. The Balaban J connectivity index is 2.21. The number of anilines is 1. The molecule has 7 nitrogen and oxygen atoms in total. The van der Waals surface area contributed by atoms with E-state index in [0.717, 1.165) is 3.79 Å². The lowest BCUT2D eigenvalue weighted by Crippen LogP contribution is -2.14. The second-order valence-corrected chi connectivity index (χ2v) is 5.79. The number of aryl methyl sites for hydroxylation is 1. The highest BCUT2D eigenvalue weighted by Gasteiger charge is 2.18. The summed E-state index contributed by atoms with van der Waals surface area (Å²) in [6.07, 6.45) is 2.85. The van der Waals surface area contributed by atoms with Gasteiger partial charge in [0.05, 0.1) is 21.1 Å². The molecule has 0 unspecified atom stereocenters. The van der Waals surface area contributed by atoms with Crippen molar-refractivity contribution >= 4 is 44.0 Å². The first-order valence-corrected chi connectivity index (χ1v) is 6.32. The molecule has 0 aliphatic heterocycles. The summed E-state index contributed by atoms with van der Waals surface area (Å²) in [4.78, 5) is 25.9. The van der Waals surface area contributed by atoms with Gasteiger partial charge in [0.2, 0.25) is 0 Å². The third-order valence-electron chi connectivity index (χ3n) is 2.13. The number of nitrogens with one attached hydrogen (secondary N) is 1. The second kappa shape index (κ2) is 4.86. The fraction of sp³-hybridized carbons (Fsp3) is 0.111. The van der Waals surface area contributed by atoms with Crippen LogP contribution < -0.4 is 5.32 Å². The van der Waals surface area contributed by atoms with Crippen LogP contribution in [0, 0.1) is 10.1 Å². The van der Waals surface area contributed by atoms with Gasteiger partial charge in [0.1, 0.15) is 5.69 Å². The van der Waals surface area contributed by atoms with E-state index in [0.29, 0.717) is 5.13 Å². The van der Waals surface area contributed by atoms with Crippen LogP contribution in [-0.4, -0.2) is 20.4 Å². The maximum Gasteiger partial charge on any atom is 0.287 e. The number of hydrogen-bond donors (Lipinski definition) is 1. The summed E-state index contributed by atoms with van der Waals surface area (Å²) in [5.74, 6) is -0.438. The van der Waals surface area contributed by atoms with Crippen molar-refractivity contribution in [1.82, 2.24) is 9.55 Å². The van der Waals surface area contributed by atoms with Gasteiger partial charge in [-0.25, -0.2) is 4.98 Å². The molecule has 0 atom stereocenters. The first-order chi connectivity index (χ1) is 8.47. The molecular formula is C9H7BrN4O3S. The molecule has 2 aromatic rings. The van der Waals surface area contributed by atoms with E-state index in [1.807, 2.05) is 0 Å². The predicted octanol–water partition coefficient (Wildman–Crippen LogP) is 2.40. The van der Waals surface area contributed by atoms with E-state index in [2.05, 4.69) is 26.2 Å². The monoisotopic (exact) mass is 330 g/mol. The summed E-state index contributed by atoms with van der Waals surface area (Å²) >= 11 is 4.49. The molecule has 1 amide bonds. The van der Waals surface area contributed by atoms with Crippen LogP contribution in [-0.2, 0) is 7.05 Å². The molecule has 18 heavy (non-hydrogen) atoms. The quantitative estimate of drug-likeness (QED) is 0.691. The maximum atomic E-state index is 11.9. The highest BCUT2D eigenvalue weighted by atomic mass is 79.9. The summed E-state index contributed by atoms with van der Waals surface area (Å²) < 4.78 is 2.19. The van der Waals surface area contributed by atoms with Crippen molar-refractivity contribution < 1.29 is 9.72 Å². The van der Waals surface area contributed by atoms with Gasteiger partial charge in [-0.05, 0) is 15.9 Å². The lowest BCUT2D eigenvalue weighted by molar-refractivity contribution is -0.384. The summed E-state index contributed by atoms with van der Waals surface area (Å²) in [6, 6.07) is 1.22. The normalized spacial score (nSPS) is 10.3. The lowest BCUT2D eigenvalue weighted by Gasteiger charge is -2.01. The number of nitrogens with zero attached hydrogens (tertiary/aromatic N) is 3. The molecule has 0 saturated carbocycles. The number of amides is 1. The van der Waals surface area contributed by atoms with Crippen molar-refractivity contribution in [3.05, 3.63) is 38.1 Å². The molecule has 0 saturated heterocycles. The minimum absolute atomic E-state index is 0.122. The van der Waals surface area contributed by atoms with Crippen molar-refractivity contribution in [2.45, 2.75) is 0 Å². The number of nitro groups is 1. The molecular weight excluding hydrogens is 324 g/mol. The molecule has 0 spiro atoms. The maximum absolute atomic E-state index is 11.9. The van der Waals surface area contributed by atoms with Gasteiger partial charge >= 0.3 is 0 Å². The number of rotatable bonds is 3. The summed E-state index contributed by atoms with van der Waals surface area (Å²) in [5.41, 5.74) is 0.0796. The van der Waals surface area contributed by atoms with Gasteiger partial charge in [-0.2, -0.15) is 0 Å². The molecule has 0 fully saturated rings. The van der Waals surface area contributed by atoms with Crippen molar-refractivity contribution in [2.24, 2.45) is 7.05 Å². The molecule has 0 radical (unpaired) electrons. The van der Waals surface area contributed by atoms with Gasteiger partial charge in [-0.15, -0.1) is 0 Å². The fourth-order valence-electron chi connectivity index (χ4n) is 1.35. The van der Waals surface area contributed by atoms with Crippen LogP contribution in [0.3, 0.4) is 0 Å². The Morgan fingerprint density at radius 2 is 2.39 bits per heavy atom. The molecule has 0 aromatic carbocycles. The van der Waals surface area contributed by atoms with Crippen molar-refractivity contribution in [3.63, 3.8) is 0 Å². The lowest BCUT2D eigenvalue weighted by atomic mass is 10.4. The van der Waals surface area contributed by atoms with Crippen LogP contribution >= 0.6 is 27.3 Å². The molecule has 1 N–H and O–H groups in total. The fourth-order valence-corrected chi connectivity index (χ4v) is 2.45. The Bertz CT molecular complexity index is 621. The minimum Gasteiger partial charge on any atom is -0.340 e. The van der Waals surface area contributed by atoms with Crippen LogP contribution in [0.1, 0.15) is 10.5 Å². The van der Waals surface area contributed by atoms with Gasteiger partial charge in [0.15, 0.2) is 5.13 Å². The van der Waals surface area contributed by atoms with Crippen LogP contribution in [0.2, 0.25) is 0 Å². The zero-order valence-electron chi connectivity index (χ0n) is 9.08. The van der Waals surface area contributed by atoms with E-state index in [-0.39, 0.29) is 11.4 Å². The largest absolute Gasteiger partial charge is 0.340 e. The van der Waals surface area contributed by atoms with Gasteiger partial charge in [0, 0.05) is 13.1 Å². The Hall–Kier alpha value is -1.74. The molecule has 0 bridgehead atoms. The molecule has 94 valence electrons. The molecule has 2 rings (SSSR count). The Morgan fingerprint density at radius 3 is 2.89 bits per heavy atom. The minimum atomic E-state index is -0.545. The van der Waals surface area contributed by atoms with Gasteiger partial charge < -0.3 is 4.57 Å². The van der Waals surface area contributed by atoms with Crippen LogP contribution in [0.25, 0.3) is 0 Å². The highest BCUT2D eigenvalue weighted by Crippen LogP contribution is 2.24. The van der Waals surface area contributed by atoms with Gasteiger partial charge in [-0.3, -0.25) is 20.2 Å². The van der Waals surface area contributed by atoms with Crippen molar-refractivity contribution in [2.75, 3.05) is 5.32 Å². The number of halogens is 1. The Kier molecular flexibility index (Phi) is 3.43. The third-order valence-corrected chi connectivity index (χ3v) is 3.52. The van der Waals surface area contributed by atoms with E-state index in [9.17, 15) is 14.9 Å². The van der Waals surface area contributed by atoms with Crippen LogP contribution in [0.4, 0.5) is 10.8 Å². The summed E-state index contributed by atoms with van der Waals surface area (Å²) in [6.45, 7) is 0. The predicted molar refractivity (Wildman–Crippen MR) is 69.8 cm³/mol.